The van der Waals surface area contributed by atoms with Gasteiger partial charge in [-0.2, -0.15) is 5.26 Å². The molecule has 0 radical (unpaired) electrons. The van der Waals surface area contributed by atoms with Gasteiger partial charge in [-0.05, 0) is 92.8 Å². The summed E-state index contributed by atoms with van der Waals surface area (Å²) < 4.78 is 18.9. The SMILES string of the molecule is CC(C)[C@@H](C(=O)N1C[C@H](O)C[C@H]1C(=O)N[C@@H](C)c1ccc(C#N)cc1)c1cc(N2CCC(CN3CCC(OC4CC(Oc5cc(N6CC7C[C@H](C6)N7c6cc(-c7ccccc7O)nnc6N)ccn5)C4)CC3)CC2)no1. The zero-order valence-corrected chi connectivity index (χ0v) is 43.7. The topological polar surface area (TPSA) is 236 Å². The molecule has 2 aromatic carbocycles. The van der Waals surface area contributed by atoms with Gasteiger partial charge in [-0.1, -0.05) is 43.3 Å². The molecule has 1 unspecified atom stereocenters. The monoisotopic (exact) mass is 1030 g/mol. The van der Waals surface area contributed by atoms with Crippen molar-refractivity contribution in [3.8, 4) is 29.0 Å². The molecule has 1 aliphatic carbocycles. The van der Waals surface area contributed by atoms with Crippen LogP contribution in [0.4, 0.5) is 23.0 Å². The van der Waals surface area contributed by atoms with Gasteiger partial charge in [0.15, 0.2) is 17.4 Å². The maximum absolute atomic E-state index is 14.3. The number of hydrogen-bond donors (Lipinski definition) is 4. The highest BCUT2D eigenvalue weighted by molar-refractivity contribution is 5.91. The van der Waals surface area contributed by atoms with E-state index in [9.17, 15) is 19.8 Å². The number of pyridine rings is 1. The molecule has 400 valence electrons. The Balaban J connectivity index is 0.594. The number of β-amino-alcohol motifs (C(OH)–C–C–N with tert-alkyl or cyclic N) is 1. The number of phenols is 1. The van der Waals surface area contributed by atoms with Crippen LogP contribution >= 0.6 is 0 Å². The van der Waals surface area contributed by atoms with Crippen LogP contribution in [0.1, 0.15) is 101 Å². The van der Waals surface area contributed by atoms with E-state index in [1.807, 2.05) is 51.2 Å². The number of rotatable bonds is 16. The van der Waals surface area contributed by atoms with Crippen LogP contribution in [0.2, 0.25) is 0 Å². The molecule has 7 aliphatic rings. The Hall–Kier alpha value is -7.01. The molecule has 3 aromatic heterocycles. The summed E-state index contributed by atoms with van der Waals surface area (Å²) in [5, 5.41) is 46.3. The van der Waals surface area contributed by atoms with Crippen LogP contribution in [-0.2, 0) is 14.3 Å². The Morgan fingerprint density at radius 1 is 0.868 bits per heavy atom. The minimum Gasteiger partial charge on any atom is -0.507 e. The summed E-state index contributed by atoms with van der Waals surface area (Å²) in [7, 11) is 0. The maximum atomic E-state index is 14.3. The molecular weight excluding hydrogens is 965 g/mol. The number of aromatic nitrogens is 4. The number of fused-ring (bicyclic) bond motifs is 2. The highest BCUT2D eigenvalue weighted by Gasteiger charge is 2.47. The lowest BCUT2D eigenvalue weighted by Gasteiger charge is -2.58. The largest absolute Gasteiger partial charge is 0.507 e. The molecule has 76 heavy (non-hydrogen) atoms. The molecule has 6 saturated heterocycles. The number of aromatic hydroxyl groups is 1. The Labute approximate surface area is 443 Å². The van der Waals surface area contributed by atoms with Gasteiger partial charge >= 0.3 is 0 Å². The minimum absolute atomic E-state index is 0.0645. The predicted molar refractivity (Wildman–Crippen MR) is 286 cm³/mol. The summed E-state index contributed by atoms with van der Waals surface area (Å²) in [5.74, 6) is 1.58. The summed E-state index contributed by atoms with van der Waals surface area (Å²) in [6.45, 7) is 12.3. The van der Waals surface area contributed by atoms with Crippen molar-refractivity contribution in [3.05, 3.63) is 95.9 Å². The summed E-state index contributed by atoms with van der Waals surface area (Å²) in [4.78, 5) is 43.5. The molecule has 2 amide bonds. The first kappa shape index (κ1) is 51.1. The summed E-state index contributed by atoms with van der Waals surface area (Å²) in [5.41, 5.74) is 10.9. The number of carbonyl (C=O) groups is 2. The van der Waals surface area contributed by atoms with Crippen LogP contribution in [-0.4, -0.2) is 147 Å². The van der Waals surface area contributed by atoms with Gasteiger partial charge in [-0.25, -0.2) is 4.98 Å². The highest BCUT2D eigenvalue weighted by atomic mass is 16.5. The number of nitrogen functional groups attached to an aromatic ring is 1. The average Bonchev–Trinajstić information content (AvgIpc) is 4.11. The van der Waals surface area contributed by atoms with E-state index in [0.717, 1.165) is 114 Å². The third-order valence-electron chi connectivity index (χ3n) is 16.8. The van der Waals surface area contributed by atoms with E-state index < -0.39 is 18.1 Å². The third-order valence-corrected chi connectivity index (χ3v) is 16.8. The molecule has 5 aromatic rings. The van der Waals surface area contributed by atoms with Crippen LogP contribution in [0.15, 0.2) is 83.5 Å². The number of likely N-dealkylation sites (tertiary alicyclic amines) is 2. The Morgan fingerprint density at radius 2 is 1.62 bits per heavy atom. The number of amides is 2. The lowest BCUT2D eigenvalue weighted by molar-refractivity contribution is -0.141. The number of para-hydroxylation sites is 1. The van der Waals surface area contributed by atoms with Gasteiger partial charge in [0.1, 0.15) is 23.8 Å². The fraction of sp³-hybridized carbons (Fsp3) is 0.526. The number of hydrogen-bond acceptors (Lipinski definition) is 17. The second kappa shape index (κ2) is 21.9. The predicted octanol–water partition coefficient (Wildman–Crippen LogP) is 6.04. The molecule has 6 aliphatic heterocycles. The molecule has 1 saturated carbocycles. The molecular formula is C57H70N12O7. The Kier molecular flexibility index (Phi) is 14.7. The molecule has 6 atom stereocenters. The standard InChI is InChI=1S/C57H70N12O7/c1-34(2)54(57(73)68-33-42(70)24-49(68)56(72)61-35(3)38-10-8-36(29-58)9-11-38)51-28-52(64-76-51)66-20-13-37(14-21-66)30-65-18-15-43(16-19-65)74-44-25-45(26-44)75-53-23-39(12-17-60-53)67-31-40-22-41(32-67)69(40)48-27-47(62-63-55(48)59)46-6-4-5-7-50(46)71/h4-12,17,23,27-28,34-35,37,40-45,49,54,70-71H,13-16,18-22,24-26,30-33H2,1-3H3,(H2,59,63)(H,61,72)/t35-,40+,41?,42+,44?,45?,49-,54+/m0/s1. The Bertz CT molecular complexity index is 2880. The van der Waals surface area contributed by atoms with Crippen molar-refractivity contribution < 1.29 is 33.8 Å². The van der Waals surface area contributed by atoms with E-state index in [0.29, 0.717) is 40.2 Å². The normalized spacial score (nSPS) is 24.9. The van der Waals surface area contributed by atoms with Crippen molar-refractivity contribution >= 4 is 34.8 Å². The van der Waals surface area contributed by atoms with Crippen molar-refractivity contribution in [3.63, 3.8) is 0 Å². The Morgan fingerprint density at radius 3 is 2.34 bits per heavy atom. The lowest BCUT2D eigenvalue weighted by atomic mass is 9.86. The number of nitrogens with one attached hydrogen (secondary N) is 1. The van der Waals surface area contributed by atoms with Gasteiger partial charge in [-0.3, -0.25) is 9.59 Å². The fourth-order valence-electron chi connectivity index (χ4n) is 12.4. The second-order valence-electron chi connectivity index (χ2n) is 22.3. The van der Waals surface area contributed by atoms with Crippen LogP contribution < -0.4 is 30.5 Å². The summed E-state index contributed by atoms with van der Waals surface area (Å²) >= 11 is 0. The molecule has 5 N–H and O–H groups in total. The number of ether oxygens (including phenoxy) is 2. The molecule has 19 nitrogen and oxygen atoms in total. The fourth-order valence-corrected chi connectivity index (χ4v) is 12.4. The van der Waals surface area contributed by atoms with Crippen molar-refractivity contribution in [1.29, 1.82) is 5.26 Å². The first-order valence-electron chi connectivity index (χ1n) is 27.3. The number of piperazine rings is 1. The smallest absolute Gasteiger partial charge is 0.243 e. The van der Waals surface area contributed by atoms with Gasteiger partial charge in [0, 0.05) is 113 Å². The van der Waals surface area contributed by atoms with E-state index in [-0.39, 0.29) is 72.9 Å². The van der Waals surface area contributed by atoms with Crippen molar-refractivity contribution in [1.82, 2.24) is 35.5 Å². The molecule has 12 rings (SSSR count). The van der Waals surface area contributed by atoms with Gasteiger partial charge in [0.05, 0.1) is 47.4 Å². The number of anilines is 4. The number of aliphatic hydroxyl groups excluding tert-OH is 1. The first-order valence-corrected chi connectivity index (χ1v) is 27.3. The van der Waals surface area contributed by atoms with Crippen LogP contribution in [0.3, 0.4) is 0 Å². The summed E-state index contributed by atoms with van der Waals surface area (Å²) in [6, 6.07) is 23.6. The van der Waals surface area contributed by atoms with Gasteiger partial charge in [0.2, 0.25) is 17.7 Å². The molecule has 7 fully saturated rings. The highest BCUT2D eigenvalue weighted by Crippen LogP contribution is 2.43. The van der Waals surface area contributed by atoms with E-state index >= 15 is 0 Å². The third kappa shape index (κ3) is 10.8. The average molecular weight is 1040 g/mol. The van der Waals surface area contributed by atoms with E-state index in [4.69, 9.17) is 25.0 Å². The molecule has 9 heterocycles. The summed E-state index contributed by atoms with van der Waals surface area (Å²) in [6.07, 6.45) is 8.65. The zero-order chi connectivity index (χ0) is 52.6. The van der Waals surface area contributed by atoms with Crippen molar-refractivity contribution in [2.45, 2.75) is 127 Å². The van der Waals surface area contributed by atoms with Crippen LogP contribution in [0.25, 0.3) is 11.3 Å². The van der Waals surface area contributed by atoms with E-state index in [2.05, 4.69) is 63.5 Å². The van der Waals surface area contributed by atoms with Gasteiger partial charge < -0.3 is 59.8 Å². The number of carbonyl (C=O) groups excluding carboxylic acids is 2. The number of aliphatic hydroxyl groups is 1. The number of nitriles is 1. The number of nitrogens with two attached hydrogens (primary N) is 1. The quantitative estimate of drug-likeness (QED) is 0.0882. The first-order chi connectivity index (χ1) is 36.8. The number of nitrogens with zero attached hydrogens (tertiary/aromatic N) is 10. The van der Waals surface area contributed by atoms with Crippen LogP contribution in [0.5, 0.6) is 11.6 Å². The van der Waals surface area contributed by atoms with E-state index in [1.165, 1.54) is 4.90 Å². The van der Waals surface area contributed by atoms with Crippen LogP contribution in [0, 0.1) is 23.2 Å². The minimum atomic E-state index is -0.824. The molecule has 19 heteroatoms. The lowest BCUT2D eigenvalue weighted by Crippen LogP contribution is -2.69. The zero-order valence-electron chi connectivity index (χ0n) is 43.7. The number of benzene rings is 2. The van der Waals surface area contributed by atoms with Crippen molar-refractivity contribution in [2.75, 3.05) is 72.8 Å². The number of phenolic OH excluding ortho intramolecular Hbond substituents is 1. The van der Waals surface area contributed by atoms with Crippen molar-refractivity contribution in [2.24, 2.45) is 11.8 Å². The van der Waals surface area contributed by atoms with Gasteiger partial charge in [-0.15, -0.1) is 10.2 Å². The molecule has 2 bridgehead atoms. The molecule has 0 spiro atoms. The number of piperidine rings is 3. The second-order valence-corrected chi connectivity index (χ2v) is 22.3. The van der Waals surface area contributed by atoms with Gasteiger partial charge in [0.25, 0.3) is 0 Å². The van der Waals surface area contributed by atoms with E-state index in [1.54, 1.807) is 36.4 Å². The maximum Gasteiger partial charge on any atom is 0.243 e.